The topological polar surface area (TPSA) is 29.5 Å². The van der Waals surface area contributed by atoms with E-state index < -0.39 is 0 Å². The molecular weight excluding hydrogens is 309 g/mol. The Hall–Kier alpha value is -0.770. The Morgan fingerprint density at radius 2 is 2.05 bits per heavy atom. The molecule has 0 spiro atoms. The average Bonchev–Trinajstić information content (AvgIpc) is 2.46. The van der Waals surface area contributed by atoms with Gasteiger partial charge in [0.1, 0.15) is 0 Å². The van der Waals surface area contributed by atoms with Crippen molar-refractivity contribution < 1.29 is 9.53 Å². The van der Waals surface area contributed by atoms with Crippen LogP contribution in [0.2, 0.25) is 5.02 Å². The summed E-state index contributed by atoms with van der Waals surface area (Å²) in [4.78, 5) is 14.3. The van der Waals surface area contributed by atoms with E-state index in [2.05, 4.69) is 11.8 Å². The smallest absolute Gasteiger partial charge is 0.338 e. The van der Waals surface area contributed by atoms with Gasteiger partial charge in [0.25, 0.3) is 0 Å². The number of hydrogen-bond donors (Lipinski definition) is 0. The van der Waals surface area contributed by atoms with Crippen LogP contribution < -0.4 is 0 Å². The first-order valence-corrected chi connectivity index (χ1v) is 7.71. The highest BCUT2D eigenvalue weighted by molar-refractivity contribution is 6.30. The fourth-order valence-corrected chi connectivity index (χ4v) is 2.72. The zero-order valence-electron chi connectivity index (χ0n) is 12.4. The molecule has 0 aliphatic carbocycles. The van der Waals surface area contributed by atoms with Crippen molar-refractivity contribution in [2.75, 3.05) is 19.7 Å². The maximum atomic E-state index is 11.8. The summed E-state index contributed by atoms with van der Waals surface area (Å²) in [5.74, 6) is -0.270. The Morgan fingerprint density at radius 1 is 1.33 bits per heavy atom. The number of halogens is 2. The lowest BCUT2D eigenvalue weighted by Crippen LogP contribution is -2.38. The maximum Gasteiger partial charge on any atom is 0.338 e. The summed E-state index contributed by atoms with van der Waals surface area (Å²) in [5.41, 5.74) is 0.556. The van der Waals surface area contributed by atoms with Gasteiger partial charge in [-0.2, -0.15) is 0 Å². The number of carbonyl (C=O) groups is 1. The minimum Gasteiger partial charge on any atom is -0.462 e. The van der Waals surface area contributed by atoms with E-state index in [1.807, 2.05) is 0 Å². The van der Waals surface area contributed by atoms with E-state index in [-0.39, 0.29) is 18.4 Å². The summed E-state index contributed by atoms with van der Waals surface area (Å²) in [6.07, 6.45) is 4.80. The third kappa shape index (κ3) is 5.85. The van der Waals surface area contributed by atoms with Crippen molar-refractivity contribution in [3.63, 3.8) is 0 Å². The van der Waals surface area contributed by atoms with Gasteiger partial charge in [-0.1, -0.05) is 18.0 Å². The minimum absolute atomic E-state index is 0. The normalized spacial score (nSPS) is 18.9. The molecule has 1 atom stereocenters. The van der Waals surface area contributed by atoms with Gasteiger partial charge in [-0.05, 0) is 57.0 Å². The van der Waals surface area contributed by atoms with Gasteiger partial charge in [-0.15, -0.1) is 12.4 Å². The molecule has 1 heterocycles. The zero-order chi connectivity index (χ0) is 14.4. The van der Waals surface area contributed by atoms with Crippen LogP contribution in [0.4, 0.5) is 0 Å². The van der Waals surface area contributed by atoms with Crippen LogP contribution in [0.3, 0.4) is 0 Å². The first-order valence-electron chi connectivity index (χ1n) is 7.33. The van der Waals surface area contributed by atoms with Crippen molar-refractivity contribution in [3.05, 3.63) is 34.9 Å². The molecule has 0 N–H and O–H groups in total. The second kappa shape index (κ2) is 9.29. The molecule has 1 aromatic carbocycles. The molecule has 0 amide bonds. The lowest BCUT2D eigenvalue weighted by Gasteiger charge is -2.33. The third-order valence-corrected chi connectivity index (χ3v) is 4.10. The number of hydrogen-bond acceptors (Lipinski definition) is 3. The summed E-state index contributed by atoms with van der Waals surface area (Å²) < 4.78 is 5.29. The molecule has 0 aromatic heterocycles. The van der Waals surface area contributed by atoms with Crippen LogP contribution >= 0.6 is 24.0 Å². The molecule has 0 bridgehead atoms. The number of rotatable bonds is 5. The molecule has 21 heavy (non-hydrogen) atoms. The van der Waals surface area contributed by atoms with E-state index in [9.17, 15) is 4.79 Å². The second-order valence-electron chi connectivity index (χ2n) is 5.38. The van der Waals surface area contributed by atoms with E-state index in [1.165, 1.54) is 25.8 Å². The van der Waals surface area contributed by atoms with Crippen LogP contribution in [0.5, 0.6) is 0 Å². The largest absolute Gasteiger partial charge is 0.462 e. The second-order valence-corrected chi connectivity index (χ2v) is 5.81. The Morgan fingerprint density at radius 3 is 2.71 bits per heavy atom. The molecule has 1 fully saturated rings. The molecule has 1 unspecified atom stereocenters. The molecule has 0 radical (unpaired) electrons. The number of ether oxygens (including phenoxy) is 1. The van der Waals surface area contributed by atoms with Crippen molar-refractivity contribution in [2.24, 2.45) is 0 Å². The zero-order valence-corrected chi connectivity index (χ0v) is 14.0. The number of piperidine rings is 1. The predicted octanol–water partition coefficient (Wildman–Crippen LogP) is 4.18. The highest BCUT2D eigenvalue weighted by Gasteiger charge is 2.17. The summed E-state index contributed by atoms with van der Waals surface area (Å²) in [7, 11) is 0. The molecular formula is C16H23Cl2NO2. The van der Waals surface area contributed by atoms with E-state index >= 15 is 0 Å². The van der Waals surface area contributed by atoms with Gasteiger partial charge < -0.3 is 9.64 Å². The van der Waals surface area contributed by atoms with E-state index in [4.69, 9.17) is 16.3 Å². The van der Waals surface area contributed by atoms with Gasteiger partial charge in [0.15, 0.2) is 0 Å². The molecule has 2 rings (SSSR count). The number of likely N-dealkylation sites (tertiary alicyclic amines) is 1. The van der Waals surface area contributed by atoms with Crippen LogP contribution in [0.15, 0.2) is 24.3 Å². The summed E-state index contributed by atoms with van der Waals surface area (Å²) in [5, 5.41) is 0.626. The van der Waals surface area contributed by atoms with Crippen LogP contribution in [0.1, 0.15) is 43.0 Å². The first-order chi connectivity index (χ1) is 9.66. The molecule has 0 saturated carbocycles. The van der Waals surface area contributed by atoms with Crippen LogP contribution in [0, 0.1) is 0 Å². The van der Waals surface area contributed by atoms with Gasteiger partial charge in [0.2, 0.25) is 0 Å². The van der Waals surface area contributed by atoms with Crippen molar-refractivity contribution >= 4 is 30.0 Å². The number of carbonyl (C=O) groups excluding carboxylic acids is 1. The Kier molecular flexibility index (Phi) is 8.09. The lowest BCUT2D eigenvalue weighted by atomic mass is 10.0. The number of esters is 1. The van der Waals surface area contributed by atoms with Crippen molar-refractivity contribution in [1.29, 1.82) is 0 Å². The quantitative estimate of drug-likeness (QED) is 0.598. The Labute approximate surface area is 138 Å². The molecule has 1 aliphatic rings. The van der Waals surface area contributed by atoms with Gasteiger partial charge in [0, 0.05) is 17.6 Å². The molecule has 1 aliphatic heterocycles. The lowest BCUT2D eigenvalue weighted by molar-refractivity contribution is 0.0475. The first kappa shape index (κ1) is 18.3. The van der Waals surface area contributed by atoms with Crippen molar-refractivity contribution in [2.45, 2.75) is 38.6 Å². The molecule has 3 nitrogen and oxygen atoms in total. The van der Waals surface area contributed by atoms with Crippen LogP contribution in [-0.2, 0) is 4.74 Å². The predicted molar refractivity (Wildman–Crippen MR) is 88.5 cm³/mol. The maximum absolute atomic E-state index is 11.8. The Bertz CT molecular complexity index is 436. The monoisotopic (exact) mass is 331 g/mol. The minimum atomic E-state index is -0.270. The average molecular weight is 332 g/mol. The van der Waals surface area contributed by atoms with E-state index in [0.29, 0.717) is 23.2 Å². The van der Waals surface area contributed by atoms with E-state index in [0.717, 1.165) is 13.0 Å². The molecule has 5 heteroatoms. The van der Waals surface area contributed by atoms with Gasteiger partial charge >= 0.3 is 5.97 Å². The fraction of sp³-hybridized carbons (Fsp3) is 0.562. The molecule has 1 saturated heterocycles. The van der Waals surface area contributed by atoms with Crippen LogP contribution in [0.25, 0.3) is 0 Å². The van der Waals surface area contributed by atoms with Gasteiger partial charge in [-0.3, -0.25) is 0 Å². The number of benzene rings is 1. The number of nitrogens with zero attached hydrogens (tertiary/aromatic N) is 1. The fourth-order valence-electron chi connectivity index (χ4n) is 2.59. The van der Waals surface area contributed by atoms with Crippen LogP contribution in [-0.4, -0.2) is 36.6 Å². The molecule has 118 valence electrons. The van der Waals surface area contributed by atoms with E-state index in [1.54, 1.807) is 24.3 Å². The van der Waals surface area contributed by atoms with Gasteiger partial charge in [-0.25, -0.2) is 4.79 Å². The standard InChI is InChI=1S/C16H22ClNO2.ClH/c1-13-5-2-3-10-18(13)11-4-12-20-16(19)14-6-8-15(17)9-7-14;/h6-9,13H,2-5,10-12H2,1H3;1H. The Balaban J connectivity index is 0.00000220. The summed E-state index contributed by atoms with van der Waals surface area (Å²) >= 11 is 5.79. The SMILES string of the molecule is CC1CCCCN1CCCOC(=O)c1ccc(Cl)cc1.Cl. The van der Waals surface area contributed by atoms with Crippen molar-refractivity contribution in [1.82, 2.24) is 4.90 Å². The van der Waals surface area contributed by atoms with Crippen molar-refractivity contribution in [3.8, 4) is 0 Å². The van der Waals surface area contributed by atoms with Gasteiger partial charge in [0.05, 0.1) is 12.2 Å². The highest BCUT2D eigenvalue weighted by Crippen LogP contribution is 2.16. The molecule has 1 aromatic rings. The summed E-state index contributed by atoms with van der Waals surface area (Å²) in [6.45, 7) is 4.94. The summed E-state index contributed by atoms with van der Waals surface area (Å²) in [6, 6.07) is 7.45. The highest BCUT2D eigenvalue weighted by atomic mass is 35.5. The third-order valence-electron chi connectivity index (χ3n) is 3.84.